The van der Waals surface area contributed by atoms with Gasteiger partial charge in [-0.3, -0.25) is 0 Å². The summed E-state index contributed by atoms with van der Waals surface area (Å²) in [6, 6.07) is 8.68. The molecule has 0 aliphatic rings. The minimum absolute atomic E-state index is 1.35. The molecule has 2 heterocycles. The van der Waals surface area contributed by atoms with Gasteiger partial charge in [0, 0.05) is 0 Å². The van der Waals surface area contributed by atoms with Crippen LogP contribution < -0.4 is 0 Å². The van der Waals surface area contributed by atoms with E-state index in [4.69, 9.17) is 0 Å². The second-order valence-corrected chi connectivity index (χ2v) is 25.0. The zero-order valence-corrected chi connectivity index (χ0v) is 13.5. The van der Waals surface area contributed by atoms with E-state index >= 15 is 0 Å². The van der Waals surface area contributed by atoms with Crippen molar-refractivity contribution in [3.8, 4) is 0 Å². The van der Waals surface area contributed by atoms with E-state index in [2.05, 4.69) is 79.2 Å². The summed E-state index contributed by atoms with van der Waals surface area (Å²) in [6.07, 6.45) is 4.41. The molecule has 2 aromatic heterocycles. The summed E-state index contributed by atoms with van der Waals surface area (Å²) in [6.45, 7) is 4.41. The fourth-order valence-electron chi connectivity index (χ4n) is 2.62. The van der Waals surface area contributed by atoms with Gasteiger partial charge in [0.05, 0.1) is 0 Å². The summed E-state index contributed by atoms with van der Waals surface area (Å²) in [5.74, 6) is 0. The number of hydrogen-bond donors (Lipinski definition) is 0. The summed E-state index contributed by atoms with van der Waals surface area (Å²) in [4.78, 5) is 0. The van der Waals surface area contributed by atoms with Gasteiger partial charge in [-0.1, -0.05) is 0 Å². The Morgan fingerprint density at radius 1 is 0.824 bits per heavy atom. The van der Waals surface area contributed by atoms with Gasteiger partial charge in [-0.2, -0.15) is 0 Å². The third-order valence-corrected chi connectivity index (χ3v) is 12.4. The molecule has 0 aliphatic heterocycles. The molecule has 0 saturated heterocycles. The van der Waals surface area contributed by atoms with Gasteiger partial charge in [0.1, 0.15) is 0 Å². The Bertz CT molecular complexity index is 532. The Labute approximate surface area is 103 Å². The number of aromatic nitrogens is 2. The first-order chi connectivity index (χ1) is 7.56. The van der Waals surface area contributed by atoms with Crippen LogP contribution in [-0.2, 0) is 12.9 Å². The maximum atomic E-state index is 2.57. The third kappa shape index (κ3) is 1.72. The van der Waals surface area contributed by atoms with E-state index in [0.717, 1.165) is 0 Å². The third-order valence-electron chi connectivity index (χ3n) is 3.24. The van der Waals surface area contributed by atoms with Crippen LogP contribution in [0.1, 0.15) is 11.4 Å². The summed E-state index contributed by atoms with van der Waals surface area (Å²) in [7, 11) is 0. The van der Waals surface area contributed by atoms with Crippen molar-refractivity contribution < 1.29 is 12.9 Å². The second-order valence-electron chi connectivity index (χ2n) is 6.36. The molecule has 0 aliphatic carbocycles. The molecule has 0 unspecified atom stereocenters. The molecule has 98 valence electrons. The van der Waals surface area contributed by atoms with Gasteiger partial charge in [-0.05, 0) is 0 Å². The van der Waals surface area contributed by atoms with E-state index in [0.29, 0.717) is 0 Å². The Hall–Kier alpha value is -0.817. The van der Waals surface area contributed by atoms with Crippen molar-refractivity contribution in [3.05, 3.63) is 48.0 Å². The zero-order valence-electron chi connectivity index (χ0n) is 11.7. The molecular weight excluding hydrogens is 297 g/mol. The molecule has 3 heteroatoms. The van der Waals surface area contributed by atoms with Crippen molar-refractivity contribution in [1.82, 2.24) is 6.62 Å². The van der Waals surface area contributed by atoms with E-state index in [1.807, 2.05) is 0 Å². The predicted molar refractivity (Wildman–Crippen MR) is 72.6 cm³/mol. The Kier molecular flexibility index (Phi) is 2.19. The summed E-state index contributed by atoms with van der Waals surface area (Å²) in [5, 5.41) is 0. The predicted octanol–water partition coefficient (Wildman–Crippen LogP) is 4.55. The van der Waals surface area contributed by atoms with E-state index in [1.165, 1.54) is 11.4 Å². The summed E-state index contributed by atoms with van der Waals surface area (Å²) in [5.41, 5.74) is 12.5. The normalized spacial score (nSPS) is 16.6. The molecule has 0 atom stereocenters. The number of rotatable bonds is 2. The van der Waals surface area contributed by atoms with E-state index in [-0.39, 0.29) is 0 Å². The maximum absolute atomic E-state index is 3.30. The fraction of sp³-hybridized carbons (Fsp3) is 0.429. The van der Waals surface area contributed by atoms with Crippen LogP contribution in [0.5, 0.6) is 0 Å². The Morgan fingerprint density at radius 2 is 1.24 bits per heavy atom. The molecule has 0 amide bonds. The molecule has 0 aromatic carbocycles. The molecule has 0 fully saturated rings. The molecule has 2 nitrogen and oxygen atoms in total. The van der Waals surface area contributed by atoms with Gasteiger partial charge in [-0.25, -0.2) is 0 Å². The molecule has 0 saturated carbocycles. The molecule has 0 N–H and O–H groups in total. The standard InChI is InChI=1S/C6H8N.C4H4N.4CH3.Ru/c1-5-3-4-6(2)7-5;1-2-4-5-3-1;;;;;/h3-4H,1-2H3;1-4H;4*1H3;/q2*-1;;;;;+2. The van der Waals surface area contributed by atoms with Crippen LogP contribution in [0.2, 0.25) is 22.1 Å². The molecular formula is C14H24N2Ru. The van der Waals surface area contributed by atoms with Gasteiger partial charge in [0.25, 0.3) is 0 Å². The van der Waals surface area contributed by atoms with Crippen LogP contribution in [0, 0.1) is 13.8 Å². The fourth-order valence-corrected chi connectivity index (χ4v) is 11.3. The van der Waals surface area contributed by atoms with Gasteiger partial charge >= 0.3 is 103 Å². The summed E-state index contributed by atoms with van der Waals surface area (Å²) < 4.78 is 5.02. The van der Waals surface area contributed by atoms with Gasteiger partial charge < -0.3 is 0 Å². The van der Waals surface area contributed by atoms with Gasteiger partial charge in [-0.15, -0.1) is 0 Å². The van der Waals surface area contributed by atoms with Gasteiger partial charge in [0.15, 0.2) is 0 Å². The van der Waals surface area contributed by atoms with Crippen LogP contribution in [0.3, 0.4) is 0 Å². The van der Waals surface area contributed by atoms with Crippen molar-refractivity contribution in [2.24, 2.45) is 0 Å². The average molecular weight is 321 g/mol. The molecule has 2 rings (SSSR count). The second kappa shape index (κ2) is 2.95. The molecule has 17 heavy (non-hydrogen) atoms. The van der Waals surface area contributed by atoms with E-state index in [9.17, 15) is 0 Å². The zero-order chi connectivity index (χ0) is 13.0. The first-order valence-corrected chi connectivity index (χ1v) is 14.1. The minimum atomic E-state index is -3.30. The topological polar surface area (TPSA) is 9.86 Å². The average Bonchev–Trinajstić information content (AvgIpc) is 2.73. The summed E-state index contributed by atoms with van der Waals surface area (Å²) >= 11 is -3.30. The van der Waals surface area contributed by atoms with Crippen molar-refractivity contribution in [2.75, 3.05) is 0 Å². The molecule has 0 radical (unpaired) electrons. The molecule has 0 spiro atoms. The van der Waals surface area contributed by atoms with Crippen molar-refractivity contribution in [1.29, 1.82) is 0 Å². The van der Waals surface area contributed by atoms with E-state index < -0.39 is 12.9 Å². The molecule has 2 aromatic rings. The molecule has 0 bridgehead atoms. The van der Waals surface area contributed by atoms with E-state index in [1.54, 1.807) is 0 Å². The Morgan fingerprint density at radius 3 is 1.65 bits per heavy atom. The van der Waals surface area contributed by atoms with Crippen LogP contribution in [-0.4, -0.2) is 6.62 Å². The monoisotopic (exact) mass is 322 g/mol. The number of nitrogens with zero attached hydrogens (tertiary/aromatic N) is 2. The quantitative estimate of drug-likeness (QED) is 0.718. The van der Waals surface area contributed by atoms with Crippen molar-refractivity contribution >= 4 is 0 Å². The van der Waals surface area contributed by atoms with Crippen LogP contribution in [0.25, 0.3) is 0 Å². The van der Waals surface area contributed by atoms with Gasteiger partial charge in [0.2, 0.25) is 0 Å². The first-order valence-electron chi connectivity index (χ1n) is 5.60. The van der Waals surface area contributed by atoms with Crippen molar-refractivity contribution in [3.63, 3.8) is 0 Å². The number of hydrogen-bond acceptors (Lipinski definition) is 0. The Balaban J connectivity index is 2.87. The van der Waals surface area contributed by atoms with Crippen molar-refractivity contribution in [2.45, 2.75) is 35.9 Å². The number of aryl methyl sites for hydroxylation is 2. The van der Waals surface area contributed by atoms with Crippen LogP contribution in [0.4, 0.5) is 0 Å². The van der Waals surface area contributed by atoms with Crippen LogP contribution >= 0.6 is 0 Å². The van der Waals surface area contributed by atoms with Crippen LogP contribution in [0.15, 0.2) is 36.7 Å². The SMILES string of the molecule is Cc1ccc(C)[n]1[Ru]([CH3])([CH3])([CH3])([CH3])[n]1cccc1. The first kappa shape index (κ1) is 12.6.